The largest absolute Gasteiger partial charge is 0.494 e. The molecule has 136 valence electrons. The summed E-state index contributed by atoms with van der Waals surface area (Å²) in [4.78, 5) is 4.40. The highest BCUT2D eigenvalue weighted by Gasteiger charge is 2.10. The maximum absolute atomic E-state index is 13.7. The van der Waals surface area contributed by atoms with E-state index in [1.165, 1.54) is 19.4 Å². The van der Waals surface area contributed by atoms with Crippen LogP contribution < -0.4 is 15.4 Å². The lowest BCUT2D eigenvalue weighted by atomic mass is 10.2. The summed E-state index contributed by atoms with van der Waals surface area (Å²) >= 11 is 0. The smallest absolute Gasteiger partial charge is 0.191 e. The van der Waals surface area contributed by atoms with Crippen molar-refractivity contribution >= 4 is 15.8 Å². The second kappa shape index (κ2) is 9.46. The molecule has 6 nitrogen and oxygen atoms in total. The van der Waals surface area contributed by atoms with Crippen LogP contribution in [-0.2, 0) is 16.4 Å². The molecule has 24 heavy (non-hydrogen) atoms. The molecule has 0 aliphatic carbocycles. The first-order valence-corrected chi connectivity index (χ1v) is 9.86. The van der Waals surface area contributed by atoms with E-state index in [4.69, 9.17) is 4.74 Å². The lowest BCUT2D eigenvalue weighted by Crippen LogP contribution is -2.42. The van der Waals surface area contributed by atoms with Gasteiger partial charge in [-0.3, -0.25) is 0 Å². The van der Waals surface area contributed by atoms with Crippen LogP contribution in [0.2, 0.25) is 0 Å². The predicted molar refractivity (Wildman–Crippen MR) is 94.7 cm³/mol. The maximum Gasteiger partial charge on any atom is 0.191 e. The molecule has 1 unspecified atom stereocenters. The van der Waals surface area contributed by atoms with Crippen LogP contribution in [0.3, 0.4) is 0 Å². The highest BCUT2D eigenvalue weighted by molar-refractivity contribution is 7.90. The average molecular weight is 359 g/mol. The van der Waals surface area contributed by atoms with Crippen LogP contribution in [0.4, 0.5) is 4.39 Å². The molecule has 2 N–H and O–H groups in total. The van der Waals surface area contributed by atoms with Gasteiger partial charge in [0.25, 0.3) is 0 Å². The monoisotopic (exact) mass is 359 g/mol. The first-order valence-electron chi connectivity index (χ1n) is 7.80. The van der Waals surface area contributed by atoms with Crippen LogP contribution in [0, 0.1) is 5.82 Å². The van der Waals surface area contributed by atoms with Crippen molar-refractivity contribution in [2.75, 3.05) is 25.7 Å². The summed E-state index contributed by atoms with van der Waals surface area (Å²) in [5.41, 5.74) is 0.717. The first-order chi connectivity index (χ1) is 11.2. The summed E-state index contributed by atoms with van der Waals surface area (Å²) < 4.78 is 41.0. The number of aliphatic imine (C=N–C) groups is 1. The molecule has 1 rings (SSSR count). The van der Waals surface area contributed by atoms with Gasteiger partial charge in [0, 0.05) is 18.8 Å². The summed E-state index contributed by atoms with van der Waals surface area (Å²) in [5, 5.41) is 6.24. The van der Waals surface area contributed by atoms with Crippen LogP contribution in [0.25, 0.3) is 0 Å². The van der Waals surface area contributed by atoms with E-state index in [-0.39, 0.29) is 17.5 Å². The van der Waals surface area contributed by atoms with Crippen molar-refractivity contribution in [3.05, 3.63) is 29.6 Å². The molecule has 1 atom stereocenters. The summed E-state index contributed by atoms with van der Waals surface area (Å²) in [6, 6.07) is 4.65. The van der Waals surface area contributed by atoms with E-state index in [1.54, 1.807) is 12.1 Å². The van der Waals surface area contributed by atoms with Crippen molar-refractivity contribution in [3.63, 3.8) is 0 Å². The Morgan fingerprint density at radius 1 is 1.42 bits per heavy atom. The van der Waals surface area contributed by atoms with Crippen LogP contribution in [0.5, 0.6) is 5.75 Å². The van der Waals surface area contributed by atoms with Gasteiger partial charge >= 0.3 is 0 Å². The minimum absolute atomic E-state index is 0.0508. The second-order valence-electron chi connectivity index (χ2n) is 5.63. The van der Waals surface area contributed by atoms with Gasteiger partial charge in [-0.25, -0.2) is 17.8 Å². The molecule has 0 fully saturated rings. The zero-order valence-corrected chi connectivity index (χ0v) is 15.4. The maximum atomic E-state index is 13.7. The lowest BCUT2D eigenvalue weighted by molar-refractivity contribution is 0.386. The van der Waals surface area contributed by atoms with E-state index >= 15 is 0 Å². The van der Waals surface area contributed by atoms with Gasteiger partial charge in [0.05, 0.1) is 19.4 Å². The fourth-order valence-corrected chi connectivity index (χ4v) is 2.78. The molecular weight excluding hydrogens is 333 g/mol. The third kappa shape index (κ3) is 7.63. The molecule has 8 heteroatoms. The average Bonchev–Trinajstić information content (AvgIpc) is 2.50. The normalized spacial score (nSPS) is 13.5. The Morgan fingerprint density at radius 2 is 2.12 bits per heavy atom. The molecule has 1 aromatic carbocycles. The molecule has 0 heterocycles. The molecule has 0 aliphatic heterocycles. The summed E-state index contributed by atoms with van der Waals surface area (Å²) in [5.74, 6) is 0.450. The molecule has 0 saturated heterocycles. The third-order valence-corrected chi connectivity index (χ3v) is 4.26. The number of methoxy groups -OCH3 is 1. The van der Waals surface area contributed by atoms with E-state index in [1.807, 2.05) is 13.8 Å². The molecule has 0 bridgehead atoms. The van der Waals surface area contributed by atoms with Gasteiger partial charge in [-0.1, -0.05) is 6.07 Å². The van der Waals surface area contributed by atoms with E-state index < -0.39 is 15.7 Å². The predicted octanol–water partition coefficient (Wildman–Crippen LogP) is 1.71. The molecule has 0 radical (unpaired) electrons. The van der Waals surface area contributed by atoms with Crippen molar-refractivity contribution in [3.8, 4) is 5.75 Å². The zero-order valence-electron chi connectivity index (χ0n) is 14.6. The number of ether oxygens (including phenoxy) is 1. The van der Waals surface area contributed by atoms with Crippen molar-refractivity contribution in [2.24, 2.45) is 4.99 Å². The Labute approximate surface area is 143 Å². The standard InChI is InChI=1S/C16H26FN3O3S/c1-5-18-16(20-12(2)8-9-24(4,21)22)19-11-13-6-7-15(23-3)14(17)10-13/h6-7,10,12H,5,8-9,11H2,1-4H3,(H2,18,19,20). The molecule has 0 aromatic heterocycles. The zero-order chi connectivity index (χ0) is 18.2. The number of sulfone groups is 1. The Hall–Kier alpha value is -1.83. The molecule has 0 spiro atoms. The lowest BCUT2D eigenvalue weighted by Gasteiger charge is -2.17. The summed E-state index contributed by atoms with van der Waals surface area (Å²) in [6.45, 7) is 4.80. The van der Waals surface area contributed by atoms with Crippen molar-refractivity contribution in [1.82, 2.24) is 10.6 Å². The second-order valence-corrected chi connectivity index (χ2v) is 7.89. The van der Waals surface area contributed by atoms with Crippen LogP contribution in [-0.4, -0.2) is 46.1 Å². The van der Waals surface area contributed by atoms with Crippen molar-refractivity contribution < 1.29 is 17.5 Å². The highest BCUT2D eigenvalue weighted by atomic mass is 32.2. The van der Waals surface area contributed by atoms with Crippen LogP contribution in [0.15, 0.2) is 23.2 Å². The fourth-order valence-electron chi connectivity index (χ4n) is 2.00. The van der Waals surface area contributed by atoms with Gasteiger partial charge in [0.15, 0.2) is 17.5 Å². The van der Waals surface area contributed by atoms with Gasteiger partial charge < -0.3 is 15.4 Å². The number of benzene rings is 1. The van der Waals surface area contributed by atoms with Crippen LogP contribution in [0.1, 0.15) is 25.8 Å². The van der Waals surface area contributed by atoms with Gasteiger partial charge in [0.2, 0.25) is 0 Å². The van der Waals surface area contributed by atoms with E-state index in [0.717, 1.165) is 0 Å². The van der Waals surface area contributed by atoms with Gasteiger partial charge in [0.1, 0.15) is 9.84 Å². The molecule has 0 saturated carbocycles. The topological polar surface area (TPSA) is 79.8 Å². The number of nitrogens with zero attached hydrogens (tertiary/aromatic N) is 1. The van der Waals surface area contributed by atoms with Crippen molar-refractivity contribution in [2.45, 2.75) is 32.9 Å². The van der Waals surface area contributed by atoms with Crippen LogP contribution >= 0.6 is 0 Å². The summed E-state index contributed by atoms with van der Waals surface area (Å²) in [7, 11) is -1.57. The Kier molecular flexibility index (Phi) is 7.97. The number of hydrogen-bond acceptors (Lipinski definition) is 4. The Bertz CT molecular complexity index is 663. The highest BCUT2D eigenvalue weighted by Crippen LogP contribution is 2.18. The fraction of sp³-hybridized carbons (Fsp3) is 0.562. The first kappa shape index (κ1) is 20.2. The molecular formula is C16H26FN3O3S. The number of halogens is 1. The SMILES string of the molecule is CCNC(=NCc1ccc(OC)c(F)c1)NC(C)CCS(C)(=O)=O. The molecule has 0 aliphatic rings. The molecule has 1 aromatic rings. The van der Waals surface area contributed by atoms with E-state index in [0.29, 0.717) is 31.0 Å². The number of rotatable bonds is 8. The minimum atomic E-state index is -2.99. The Morgan fingerprint density at radius 3 is 2.67 bits per heavy atom. The molecule has 0 amide bonds. The van der Waals surface area contributed by atoms with Gasteiger partial charge in [-0.05, 0) is 38.0 Å². The minimum Gasteiger partial charge on any atom is -0.494 e. The van der Waals surface area contributed by atoms with Crippen molar-refractivity contribution in [1.29, 1.82) is 0 Å². The number of guanidine groups is 1. The summed E-state index contributed by atoms with van der Waals surface area (Å²) in [6.07, 6.45) is 1.71. The van der Waals surface area contributed by atoms with E-state index in [2.05, 4.69) is 15.6 Å². The number of nitrogens with one attached hydrogen (secondary N) is 2. The third-order valence-electron chi connectivity index (χ3n) is 3.28. The van der Waals surface area contributed by atoms with E-state index in [9.17, 15) is 12.8 Å². The van der Waals surface area contributed by atoms with Gasteiger partial charge in [-0.2, -0.15) is 0 Å². The number of hydrogen-bond donors (Lipinski definition) is 2. The Balaban J connectivity index is 2.69. The van der Waals surface area contributed by atoms with Gasteiger partial charge in [-0.15, -0.1) is 0 Å². The quantitative estimate of drug-likeness (QED) is 0.546.